The van der Waals surface area contributed by atoms with Gasteiger partial charge in [-0.25, -0.2) is 0 Å². The van der Waals surface area contributed by atoms with Gasteiger partial charge in [-0.2, -0.15) is 0 Å². The number of fused-ring (bicyclic) bond motifs is 3. The normalized spacial score (nSPS) is 24.7. The first-order valence-corrected chi connectivity index (χ1v) is 10.1. The molecule has 2 aromatic carbocycles. The van der Waals surface area contributed by atoms with Crippen LogP contribution in [0.3, 0.4) is 0 Å². The molecule has 5 rings (SSSR count). The van der Waals surface area contributed by atoms with Crippen LogP contribution in [0.15, 0.2) is 29.4 Å². The molecule has 0 bridgehead atoms. The van der Waals surface area contributed by atoms with Crippen LogP contribution in [0.2, 0.25) is 0 Å². The van der Waals surface area contributed by atoms with Gasteiger partial charge in [-0.05, 0) is 46.5 Å². The van der Waals surface area contributed by atoms with Gasteiger partial charge < -0.3 is 28.4 Å². The quantitative estimate of drug-likeness (QED) is 0.301. The number of azide groups is 1. The first kappa shape index (κ1) is 20.1. The maximum atomic E-state index is 12.9. The fourth-order valence-electron chi connectivity index (χ4n) is 5.02. The second kappa shape index (κ2) is 7.72. The lowest BCUT2D eigenvalue weighted by molar-refractivity contribution is -0.141. The summed E-state index contributed by atoms with van der Waals surface area (Å²) in [5.41, 5.74) is 11.6. The minimum Gasteiger partial charge on any atom is -0.493 e. The second-order valence-corrected chi connectivity index (χ2v) is 7.74. The summed E-state index contributed by atoms with van der Waals surface area (Å²) < 4.78 is 33.1. The molecular formula is C22H21N3O7. The summed E-state index contributed by atoms with van der Waals surface area (Å²) in [7, 11) is 4.61. The molecular weight excluding hydrogens is 418 g/mol. The number of hydrogen-bond donors (Lipinski definition) is 0. The maximum Gasteiger partial charge on any atom is 0.310 e. The third-order valence-electron chi connectivity index (χ3n) is 6.37. The van der Waals surface area contributed by atoms with Gasteiger partial charge in [0.15, 0.2) is 23.0 Å². The first-order valence-electron chi connectivity index (χ1n) is 10.1. The molecule has 2 heterocycles. The lowest BCUT2D eigenvalue weighted by Crippen LogP contribution is -2.34. The standard InChI is InChI=1S/C22H21N3O7/c1-27-16-4-10(5-17(28-2)21(16)29-3)18-11-6-14-15(32-9-31-14)7-12(11)20(24-25-23)13-8-30-22(26)19(13)18/h4-7,13,18-20H,8-9H2,1-3H3/t13-,18+,19?,20+/m0/s1. The van der Waals surface area contributed by atoms with E-state index in [1.165, 1.54) is 21.3 Å². The Morgan fingerprint density at radius 2 is 1.62 bits per heavy atom. The predicted octanol–water partition coefficient (Wildman–Crippen LogP) is 3.73. The molecule has 4 atom stereocenters. The topological polar surface area (TPSA) is 121 Å². The number of rotatable bonds is 5. The van der Waals surface area contributed by atoms with Gasteiger partial charge in [0.25, 0.3) is 0 Å². The van der Waals surface area contributed by atoms with Gasteiger partial charge in [-0.1, -0.05) is 5.11 Å². The molecule has 166 valence electrons. The molecule has 1 aliphatic carbocycles. The van der Waals surface area contributed by atoms with Crippen molar-refractivity contribution in [1.82, 2.24) is 0 Å². The Morgan fingerprint density at radius 3 is 2.22 bits per heavy atom. The largest absolute Gasteiger partial charge is 0.493 e. The average Bonchev–Trinajstić information content (AvgIpc) is 3.43. The van der Waals surface area contributed by atoms with Crippen molar-refractivity contribution in [3.8, 4) is 28.7 Å². The summed E-state index contributed by atoms with van der Waals surface area (Å²) in [6, 6.07) is 6.78. The van der Waals surface area contributed by atoms with E-state index in [2.05, 4.69) is 10.0 Å². The molecule has 10 heteroatoms. The molecule has 0 saturated carbocycles. The van der Waals surface area contributed by atoms with Crippen molar-refractivity contribution in [2.45, 2.75) is 12.0 Å². The highest BCUT2D eigenvalue weighted by molar-refractivity contribution is 5.79. The van der Waals surface area contributed by atoms with Crippen LogP contribution in [0.5, 0.6) is 28.7 Å². The van der Waals surface area contributed by atoms with E-state index in [0.29, 0.717) is 28.7 Å². The van der Waals surface area contributed by atoms with E-state index in [4.69, 9.17) is 28.4 Å². The number of carbonyl (C=O) groups is 1. The van der Waals surface area contributed by atoms with Crippen LogP contribution in [-0.2, 0) is 9.53 Å². The second-order valence-electron chi connectivity index (χ2n) is 7.74. The summed E-state index contributed by atoms with van der Waals surface area (Å²) in [5.74, 6) is 0.941. The Bertz CT molecular complexity index is 1120. The Hall–Kier alpha value is -3.78. The molecule has 3 aliphatic rings. The molecule has 0 spiro atoms. The highest BCUT2D eigenvalue weighted by Gasteiger charge is 2.52. The van der Waals surface area contributed by atoms with Crippen LogP contribution in [-0.4, -0.2) is 40.7 Å². The zero-order chi connectivity index (χ0) is 22.4. The molecule has 0 radical (unpaired) electrons. The third-order valence-corrected chi connectivity index (χ3v) is 6.37. The van der Waals surface area contributed by atoms with E-state index in [1.54, 1.807) is 0 Å². The van der Waals surface area contributed by atoms with Crippen molar-refractivity contribution in [2.24, 2.45) is 17.0 Å². The molecule has 2 aromatic rings. The van der Waals surface area contributed by atoms with Gasteiger partial charge in [0, 0.05) is 16.7 Å². The molecule has 1 saturated heterocycles. The predicted molar refractivity (Wildman–Crippen MR) is 110 cm³/mol. The van der Waals surface area contributed by atoms with Crippen LogP contribution in [0.25, 0.3) is 10.4 Å². The molecule has 0 aromatic heterocycles. The van der Waals surface area contributed by atoms with Crippen LogP contribution in [0.1, 0.15) is 28.7 Å². The van der Waals surface area contributed by atoms with Crippen LogP contribution in [0, 0.1) is 11.8 Å². The van der Waals surface area contributed by atoms with Gasteiger partial charge in [0.1, 0.15) is 0 Å². The van der Waals surface area contributed by atoms with E-state index in [0.717, 1.165) is 16.7 Å². The van der Waals surface area contributed by atoms with Gasteiger partial charge in [-0.3, -0.25) is 4.79 Å². The Balaban J connectivity index is 1.77. The number of nitrogens with zero attached hydrogens (tertiary/aromatic N) is 3. The number of carbonyl (C=O) groups excluding carboxylic acids is 1. The Kier molecular flexibility index (Phi) is 4.86. The van der Waals surface area contributed by atoms with Crippen LogP contribution < -0.4 is 23.7 Å². The molecule has 1 unspecified atom stereocenters. The van der Waals surface area contributed by atoms with Gasteiger partial charge >= 0.3 is 5.97 Å². The molecule has 0 N–H and O–H groups in total. The monoisotopic (exact) mass is 439 g/mol. The summed E-state index contributed by atoms with van der Waals surface area (Å²) in [6.45, 7) is 0.274. The van der Waals surface area contributed by atoms with Crippen molar-refractivity contribution in [2.75, 3.05) is 34.7 Å². The van der Waals surface area contributed by atoms with Crippen molar-refractivity contribution in [3.63, 3.8) is 0 Å². The zero-order valence-corrected chi connectivity index (χ0v) is 17.7. The van der Waals surface area contributed by atoms with Crippen molar-refractivity contribution < 1.29 is 33.2 Å². The number of ether oxygens (including phenoxy) is 6. The Labute approximate surface area is 183 Å². The third kappa shape index (κ3) is 2.87. The highest BCUT2D eigenvalue weighted by Crippen LogP contribution is 2.56. The average molecular weight is 439 g/mol. The first-order chi connectivity index (χ1) is 15.6. The fraction of sp³-hybridized carbons (Fsp3) is 0.409. The summed E-state index contributed by atoms with van der Waals surface area (Å²) in [4.78, 5) is 16.0. The van der Waals surface area contributed by atoms with Crippen LogP contribution >= 0.6 is 0 Å². The van der Waals surface area contributed by atoms with E-state index in [1.807, 2.05) is 24.3 Å². The minimum atomic E-state index is -0.570. The SMILES string of the molecule is COc1cc([C@@H]2c3cc4c(cc3[C@@H](N=[N+]=[N-])[C@H]3COC(=O)C23)OCO4)cc(OC)c1OC. The lowest BCUT2D eigenvalue weighted by Gasteiger charge is -2.37. The van der Waals surface area contributed by atoms with Crippen LogP contribution in [0.4, 0.5) is 0 Å². The number of hydrogen-bond acceptors (Lipinski definition) is 8. The van der Waals surface area contributed by atoms with Crippen molar-refractivity contribution in [3.05, 3.63) is 51.4 Å². The number of benzene rings is 2. The zero-order valence-electron chi connectivity index (χ0n) is 17.7. The van der Waals surface area contributed by atoms with E-state index in [9.17, 15) is 10.3 Å². The fourth-order valence-corrected chi connectivity index (χ4v) is 5.02. The Morgan fingerprint density at radius 1 is 0.969 bits per heavy atom. The number of methoxy groups -OCH3 is 3. The van der Waals surface area contributed by atoms with E-state index in [-0.39, 0.29) is 25.3 Å². The highest BCUT2D eigenvalue weighted by atomic mass is 16.7. The van der Waals surface area contributed by atoms with E-state index < -0.39 is 17.9 Å². The molecule has 10 nitrogen and oxygen atoms in total. The van der Waals surface area contributed by atoms with Gasteiger partial charge in [0.05, 0.1) is 39.9 Å². The summed E-state index contributed by atoms with van der Waals surface area (Å²) in [5, 5.41) is 4.03. The summed E-state index contributed by atoms with van der Waals surface area (Å²) in [6.07, 6.45) is 0. The van der Waals surface area contributed by atoms with Crippen molar-refractivity contribution >= 4 is 5.97 Å². The molecule has 2 aliphatic heterocycles. The lowest BCUT2D eigenvalue weighted by atomic mass is 9.65. The van der Waals surface area contributed by atoms with Crippen molar-refractivity contribution in [1.29, 1.82) is 0 Å². The van der Waals surface area contributed by atoms with E-state index >= 15 is 0 Å². The maximum absolute atomic E-state index is 12.9. The number of cyclic esters (lactones) is 1. The molecule has 0 amide bonds. The van der Waals surface area contributed by atoms with Gasteiger partial charge in [0.2, 0.25) is 12.5 Å². The molecule has 32 heavy (non-hydrogen) atoms. The number of esters is 1. The smallest absolute Gasteiger partial charge is 0.310 e. The minimum absolute atomic E-state index is 0.105. The summed E-state index contributed by atoms with van der Waals surface area (Å²) >= 11 is 0. The van der Waals surface area contributed by atoms with Gasteiger partial charge in [-0.15, -0.1) is 0 Å². The molecule has 1 fully saturated rings.